The molecule has 4 heteroatoms. The van der Waals surface area contributed by atoms with E-state index in [4.69, 9.17) is 0 Å². The average Bonchev–Trinajstić information content (AvgIpc) is 2.43. The zero-order valence-corrected chi connectivity index (χ0v) is 13.1. The maximum absolute atomic E-state index is 4.52. The molecule has 0 aliphatic heterocycles. The first-order valence-corrected chi connectivity index (χ1v) is 7.60. The van der Waals surface area contributed by atoms with Gasteiger partial charge in [-0.15, -0.1) is 0 Å². The maximum atomic E-state index is 4.52. The first kappa shape index (κ1) is 15.3. The van der Waals surface area contributed by atoms with Crippen LogP contribution in [0.1, 0.15) is 37.4 Å². The smallest absolute Gasteiger partial charge is 0.224 e. The number of aryl methyl sites for hydroxylation is 2. The van der Waals surface area contributed by atoms with Crippen LogP contribution in [0, 0.1) is 13.8 Å². The summed E-state index contributed by atoms with van der Waals surface area (Å²) in [6.07, 6.45) is 3.60. The van der Waals surface area contributed by atoms with E-state index in [9.17, 15) is 0 Å². The molecule has 112 valence electrons. The van der Waals surface area contributed by atoms with Crippen molar-refractivity contribution in [3.63, 3.8) is 0 Å². The first-order valence-electron chi connectivity index (χ1n) is 7.60. The van der Waals surface area contributed by atoms with Gasteiger partial charge in [0.15, 0.2) is 0 Å². The quantitative estimate of drug-likeness (QED) is 0.738. The molecule has 0 bridgehead atoms. The Hall–Kier alpha value is -2.10. The average molecular weight is 284 g/mol. The number of rotatable bonds is 7. The number of benzene rings is 1. The van der Waals surface area contributed by atoms with Crippen molar-refractivity contribution in [3.8, 4) is 0 Å². The SMILES string of the molecule is CCCCCNc1nc(C)cc(Nc2cccc(C)c2)n1. The van der Waals surface area contributed by atoms with Crippen molar-refractivity contribution in [2.45, 2.75) is 40.0 Å². The van der Waals surface area contributed by atoms with Gasteiger partial charge < -0.3 is 10.6 Å². The highest BCUT2D eigenvalue weighted by molar-refractivity contribution is 5.58. The summed E-state index contributed by atoms with van der Waals surface area (Å²) in [6, 6.07) is 10.2. The van der Waals surface area contributed by atoms with Gasteiger partial charge in [-0.2, -0.15) is 4.98 Å². The van der Waals surface area contributed by atoms with Crippen LogP contribution >= 0.6 is 0 Å². The minimum atomic E-state index is 0.696. The lowest BCUT2D eigenvalue weighted by Gasteiger charge is -2.10. The van der Waals surface area contributed by atoms with Crippen LogP contribution in [0.4, 0.5) is 17.5 Å². The molecule has 0 radical (unpaired) electrons. The Kier molecular flexibility index (Phi) is 5.55. The van der Waals surface area contributed by atoms with Crippen LogP contribution in [0.25, 0.3) is 0 Å². The van der Waals surface area contributed by atoms with Crippen molar-refractivity contribution in [3.05, 3.63) is 41.6 Å². The van der Waals surface area contributed by atoms with Gasteiger partial charge in [0, 0.05) is 24.0 Å². The maximum Gasteiger partial charge on any atom is 0.224 e. The largest absolute Gasteiger partial charge is 0.354 e. The fraction of sp³-hybridized carbons (Fsp3) is 0.412. The summed E-state index contributed by atoms with van der Waals surface area (Å²) in [5.74, 6) is 1.52. The molecule has 0 saturated carbocycles. The number of unbranched alkanes of at least 4 members (excludes halogenated alkanes) is 2. The molecule has 0 saturated heterocycles. The highest BCUT2D eigenvalue weighted by Gasteiger charge is 2.02. The van der Waals surface area contributed by atoms with Gasteiger partial charge in [0.2, 0.25) is 5.95 Å². The van der Waals surface area contributed by atoms with Gasteiger partial charge >= 0.3 is 0 Å². The minimum absolute atomic E-state index is 0.696. The Morgan fingerprint density at radius 3 is 2.67 bits per heavy atom. The summed E-state index contributed by atoms with van der Waals surface area (Å²) < 4.78 is 0. The van der Waals surface area contributed by atoms with Gasteiger partial charge in [-0.05, 0) is 38.0 Å². The molecule has 0 atom stereocenters. The second kappa shape index (κ2) is 7.62. The summed E-state index contributed by atoms with van der Waals surface area (Å²) in [6.45, 7) is 7.19. The van der Waals surface area contributed by atoms with Crippen LogP contribution in [0.2, 0.25) is 0 Å². The fourth-order valence-electron chi connectivity index (χ4n) is 2.16. The molecule has 0 fully saturated rings. The number of anilines is 3. The van der Waals surface area contributed by atoms with Crippen LogP contribution in [0.15, 0.2) is 30.3 Å². The summed E-state index contributed by atoms with van der Waals surface area (Å²) in [5.41, 5.74) is 3.23. The first-order chi connectivity index (χ1) is 10.2. The Balaban J connectivity index is 2.04. The van der Waals surface area contributed by atoms with Crippen LogP contribution < -0.4 is 10.6 Å². The van der Waals surface area contributed by atoms with Crippen molar-refractivity contribution >= 4 is 17.5 Å². The van der Waals surface area contributed by atoms with E-state index in [2.05, 4.69) is 46.6 Å². The van der Waals surface area contributed by atoms with Crippen molar-refractivity contribution < 1.29 is 0 Å². The molecule has 0 spiro atoms. The van der Waals surface area contributed by atoms with Crippen molar-refractivity contribution in [2.24, 2.45) is 0 Å². The minimum Gasteiger partial charge on any atom is -0.354 e. The molecular weight excluding hydrogens is 260 g/mol. The molecular formula is C17H24N4. The van der Waals surface area contributed by atoms with Crippen LogP contribution in [-0.4, -0.2) is 16.5 Å². The van der Waals surface area contributed by atoms with Gasteiger partial charge in [0.1, 0.15) is 5.82 Å². The summed E-state index contributed by atoms with van der Waals surface area (Å²) in [7, 11) is 0. The Bertz CT molecular complexity index is 581. The van der Waals surface area contributed by atoms with Crippen molar-refractivity contribution in [2.75, 3.05) is 17.2 Å². The van der Waals surface area contributed by atoms with E-state index < -0.39 is 0 Å². The third kappa shape index (κ3) is 5.06. The van der Waals surface area contributed by atoms with E-state index in [1.807, 2.05) is 25.1 Å². The van der Waals surface area contributed by atoms with E-state index in [1.54, 1.807) is 0 Å². The molecule has 1 heterocycles. The topological polar surface area (TPSA) is 49.8 Å². The van der Waals surface area contributed by atoms with E-state index >= 15 is 0 Å². The molecule has 0 aliphatic rings. The van der Waals surface area contributed by atoms with Crippen LogP contribution in [-0.2, 0) is 0 Å². The van der Waals surface area contributed by atoms with E-state index in [-0.39, 0.29) is 0 Å². The van der Waals surface area contributed by atoms with Gasteiger partial charge in [0.25, 0.3) is 0 Å². The molecule has 2 aromatic rings. The van der Waals surface area contributed by atoms with Gasteiger partial charge in [-0.25, -0.2) is 4.98 Å². The van der Waals surface area contributed by atoms with Crippen LogP contribution in [0.5, 0.6) is 0 Å². The lowest BCUT2D eigenvalue weighted by Crippen LogP contribution is -2.07. The normalized spacial score (nSPS) is 10.4. The van der Waals surface area contributed by atoms with Crippen molar-refractivity contribution in [1.82, 2.24) is 9.97 Å². The molecule has 2 rings (SSSR count). The fourth-order valence-corrected chi connectivity index (χ4v) is 2.16. The molecule has 2 N–H and O–H groups in total. The van der Waals surface area contributed by atoms with Gasteiger partial charge in [-0.1, -0.05) is 31.9 Å². The number of nitrogens with one attached hydrogen (secondary N) is 2. The highest BCUT2D eigenvalue weighted by atomic mass is 15.1. The second-order valence-electron chi connectivity index (χ2n) is 5.35. The number of hydrogen-bond acceptors (Lipinski definition) is 4. The zero-order valence-electron chi connectivity index (χ0n) is 13.1. The van der Waals surface area contributed by atoms with E-state index in [1.165, 1.54) is 18.4 Å². The number of nitrogens with zero attached hydrogens (tertiary/aromatic N) is 2. The Morgan fingerprint density at radius 2 is 1.90 bits per heavy atom. The van der Waals surface area contributed by atoms with Crippen molar-refractivity contribution in [1.29, 1.82) is 0 Å². The molecule has 1 aromatic carbocycles. The monoisotopic (exact) mass is 284 g/mol. The lowest BCUT2D eigenvalue weighted by atomic mass is 10.2. The third-order valence-corrected chi connectivity index (χ3v) is 3.21. The zero-order chi connectivity index (χ0) is 15.1. The second-order valence-corrected chi connectivity index (χ2v) is 5.35. The molecule has 1 aromatic heterocycles. The highest BCUT2D eigenvalue weighted by Crippen LogP contribution is 2.17. The van der Waals surface area contributed by atoms with E-state index in [0.29, 0.717) is 5.95 Å². The summed E-state index contributed by atoms with van der Waals surface area (Å²) in [4.78, 5) is 8.95. The predicted octanol–water partition coefficient (Wildman–Crippen LogP) is 4.44. The standard InChI is InChI=1S/C17H24N4/c1-4-5-6-10-18-17-19-14(3)12-16(21-17)20-15-9-7-8-13(2)11-15/h7-9,11-12H,4-6,10H2,1-3H3,(H2,18,19,20,21). The molecule has 21 heavy (non-hydrogen) atoms. The van der Waals surface area contributed by atoms with E-state index in [0.717, 1.165) is 30.2 Å². The molecule has 4 nitrogen and oxygen atoms in total. The van der Waals surface area contributed by atoms with Gasteiger partial charge in [-0.3, -0.25) is 0 Å². The predicted molar refractivity (Wildman–Crippen MR) is 89.2 cm³/mol. The third-order valence-electron chi connectivity index (χ3n) is 3.21. The molecule has 0 amide bonds. The molecule has 0 unspecified atom stereocenters. The summed E-state index contributed by atoms with van der Waals surface area (Å²) in [5, 5.41) is 6.63. The number of aromatic nitrogens is 2. The molecule has 0 aliphatic carbocycles. The van der Waals surface area contributed by atoms with Crippen LogP contribution in [0.3, 0.4) is 0 Å². The lowest BCUT2D eigenvalue weighted by molar-refractivity contribution is 0.740. The Morgan fingerprint density at radius 1 is 1.05 bits per heavy atom. The summed E-state index contributed by atoms with van der Waals surface area (Å²) >= 11 is 0. The number of hydrogen-bond donors (Lipinski definition) is 2. The van der Waals surface area contributed by atoms with Gasteiger partial charge in [0.05, 0.1) is 0 Å². The Labute approximate surface area is 127 Å².